The first-order chi connectivity index (χ1) is 8.69. The van der Waals surface area contributed by atoms with Crippen LogP contribution in [0.1, 0.15) is 12.8 Å². The molecule has 1 amide bonds. The van der Waals surface area contributed by atoms with E-state index < -0.39 is 0 Å². The second kappa shape index (κ2) is 7.72. The van der Waals surface area contributed by atoms with Gasteiger partial charge in [-0.1, -0.05) is 0 Å². The average Bonchev–Trinajstić information content (AvgIpc) is 2.82. The van der Waals surface area contributed by atoms with Crippen LogP contribution in [-0.4, -0.2) is 26.1 Å². The Bertz CT molecular complexity index is 437. The summed E-state index contributed by atoms with van der Waals surface area (Å²) in [4.78, 5) is 11.8. The van der Waals surface area contributed by atoms with E-state index in [1.807, 2.05) is 18.2 Å². The number of hydrogen-bond acceptors (Lipinski definition) is 3. The molecule has 0 radical (unpaired) electrons. The Kier molecular flexibility index (Phi) is 6.62. The summed E-state index contributed by atoms with van der Waals surface area (Å²) in [5.74, 6) is 1.29. The third-order valence-corrected chi connectivity index (χ3v) is 3.69. The molecular formula is C13H18BrClN2O2. The standard InChI is InChI=1S/C13H17BrN2O2.ClH/c1-18-12-3-2-10(7-11(12)14)16-13(17)6-9-4-5-15-8-9;/h2-3,7,9,15H,4-6,8H2,1H3,(H,16,17);1H. The first-order valence-electron chi connectivity index (χ1n) is 6.03. The Morgan fingerprint density at radius 2 is 2.37 bits per heavy atom. The van der Waals surface area contributed by atoms with Gasteiger partial charge in [0.25, 0.3) is 0 Å². The van der Waals surface area contributed by atoms with Crippen LogP contribution in [0.4, 0.5) is 5.69 Å². The summed E-state index contributed by atoms with van der Waals surface area (Å²) in [7, 11) is 1.62. The average molecular weight is 350 g/mol. The molecule has 1 heterocycles. The van der Waals surface area contributed by atoms with Gasteiger partial charge in [-0.15, -0.1) is 12.4 Å². The maximum Gasteiger partial charge on any atom is 0.224 e. The summed E-state index contributed by atoms with van der Waals surface area (Å²) in [5.41, 5.74) is 0.790. The van der Waals surface area contributed by atoms with E-state index in [9.17, 15) is 4.79 Å². The third-order valence-electron chi connectivity index (χ3n) is 3.07. The molecule has 1 aliphatic rings. The van der Waals surface area contributed by atoms with E-state index >= 15 is 0 Å². The molecule has 0 spiro atoms. The fraction of sp³-hybridized carbons (Fsp3) is 0.462. The topological polar surface area (TPSA) is 50.4 Å². The molecule has 6 heteroatoms. The monoisotopic (exact) mass is 348 g/mol. The minimum Gasteiger partial charge on any atom is -0.496 e. The molecule has 4 nitrogen and oxygen atoms in total. The SMILES string of the molecule is COc1ccc(NC(=O)CC2CCNC2)cc1Br.Cl. The fourth-order valence-corrected chi connectivity index (χ4v) is 2.65. The molecule has 1 saturated heterocycles. The molecule has 0 saturated carbocycles. The number of halogens is 2. The minimum absolute atomic E-state index is 0. The Morgan fingerprint density at radius 3 is 2.95 bits per heavy atom. The van der Waals surface area contributed by atoms with Crippen LogP contribution in [0.15, 0.2) is 22.7 Å². The highest BCUT2D eigenvalue weighted by Crippen LogP contribution is 2.27. The van der Waals surface area contributed by atoms with Gasteiger partial charge in [0.15, 0.2) is 0 Å². The van der Waals surface area contributed by atoms with Gasteiger partial charge in [-0.05, 0) is 59.6 Å². The van der Waals surface area contributed by atoms with Gasteiger partial charge in [-0.25, -0.2) is 0 Å². The zero-order valence-corrected chi connectivity index (χ0v) is 13.1. The first kappa shape index (κ1) is 16.3. The van der Waals surface area contributed by atoms with E-state index in [4.69, 9.17) is 4.74 Å². The molecule has 1 aromatic carbocycles. The van der Waals surface area contributed by atoms with Crippen LogP contribution in [0.5, 0.6) is 5.75 Å². The predicted octanol–water partition coefficient (Wildman–Crippen LogP) is 2.82. The lowest BCUT2D eigenvalue weighted by molar-refractivity contribution is -0.116. The van der Waals surface area contributed by atoms with E-state index in [1.54, 1.807) is 7.11 Å². The summed E-state index contributed by atoms with van der Waals surface area (Å²) in [6.07, 6.45) is 1.66. The highest BCUT2D eigenvalue weighted by molar-refractivity contribution is 9.10. The van der Waals surface area contributed by atoms with Gasteiger partial charge in [0.1, 0.15) is 5.75 Å². The highest BCUT2D eigenvalue weighted by Gasteiger charge is 2.18. The van der Waals surface area contributed by atoms with Crippen molar-refractivity contribution >= 4 is 39.9 Å². The van der Waals surface area contributed by atoms with E-state index in [0.717, 1.165) is 35.4 Å². The Labute approximate surface area is 127 Å². The van der Waals surface area contributed by atoms with Gasteiger partial charge in [0, 0.05) is 12.1 Å². The van der Waals surface area contributed by atoms with Gasteiger partial charge < -0.3 is 15.4 Å². The Hall–Kier alpha value is -0.780. The summed E-state index contributed by atoms with van der Waals surface area (Å²) >= 11 is 3.40. The van der Waals surface area contributed by atoms with Crippen molar-refractivity contribution in [2.75, 3.05) is 25.5 Å². The lowest BCUT2D eigenvalue weighted by atomic mass is 10.0. The molecular weight excluding hydrogens is 332 g/mol. The smallest absolute Gasteiger partial charge is 0.224 e. The highest BCUT2D eigenvalue weighted by atomic mass is 79.9. The summed E-state index contributed by atoms with van der Waals surface area (Å²) in [5, 5.41) is 6.17. The number of anilines is 1. The van der Waals surface area contributed by atoms with Crippen molar-refractivity contribution in [3.05, 3.63) is 22.7 Å². The van der Waals surface area contributed by atoms with Gasteiger partial charge >= 0.3 is 0 Å². The Balaban J connectivity index is 0.00000180. The summed E-state index contributed by atoms with van der Waals surface area (Å²) < 4.78 is 5.98. The van der Waals surface area contributed by atoms with Gasteiger partial charge in [-0.3, -0.25) is 4.79 Å². The maximum absolute atomic E-state index is 11.8. The molecule has 0 aliphatic carbocycles. The van der Waals surface area contributed by atoms with E-state index in [-0.39, 0.29) is 18.3 Å². The first-order valence-corrected chi connectivity index (χ1v) is 6.82. The number of hydrogen-bond donors (Lipinski definition) is 2. The zero-order chi connectivity index (χ0) is 13.0. The molecule has 1 unspecified atom stereocenters. The quantitative estimate of drug-likeness (QED) is 0.879. The van der Waals surface area contributed by atoms with E-state index in [2.05, 4.69) is 26.6 Å². The second-order valence-electron chi connectivity index (χ2n) is 4.46. The molecule has 2 N–H and O–H groups in total. The number of nitrogens with one attached hydrogen (secondary N) is 2. The van der Waals surface area contributed by atoms with Gasteiger partial charge in [0.05, 0.1) is 11.6 Å². The molecule has 0 aromatic heterocycles. The van der Waals surface area contributed by atoms with Crippen molar-refractivity contribution < 1.29 is 9.53 Å². The third kappa shape index (κ3) is 4.67. The molecule has 1 fully saturated rings. The zero-order valence-electron chi connectivity index (χ0n) is 10.7. The van der Waals surface area contributed by atoms with Crippen molar-refractivity contribution in [3.63, 3.8) is 0 Å². The number of methoxy groups -OCH3 is 1. The van der Waals surface area contributed by atoms with Crippen LogP contribution in [0.3, 0.4) is 0 Å². The van der Waals surface area contributed by atoms with Crippen molar-refractivity contribution in [1.29, 1.82) is 0 Å². The molecule has 1 atom stereocenters. The minimum atomic E-state index is 0. The van der Waals surface area contributed by atoms with Crippen LogP contribution in [0.25, 0.3) is 0 Å². The maximum atomic E-state index is 11.8. The van der Waals surface area contributed by atoms with Gasteiger partial charge in [-0.2, -0.15) is 0 Å². The molecule has 0 bridgehead atoms. The normalized spacial score (nSPS) is 17.7. The van der Waals surface area contributed by atoms with Crippen molar-refractivity contribution in [2.45, 2.75) is 12.8 Å². The molecule has 1 aliphatic heterocycles. The molecule has 2 rings (SSSR count). The lowest BCUT2D eigenvalue weighted by Gasteiger charge is -2.10. The molecule has 1 aromatic rings. The van der Waals surface area contributed by atoms with Crippen molar-refractivity contribution in [2.24, 2.45) is 5.92 Å². The number of rotatable bonds is 4. The summed E-state index contributed by atoms with van der Waals surface area (Å²) in [6.45, 7) is 1.96. The van der Waals surface area contributed by atoms with E-state index in [0.29, 0.717) is 12.3 Å². The number of benzene rings is 1. The van der Waals surface area contributed by atoms with Gasteiger partial charge in [0.2, 0.25) is 5.91 Å². The predicted molar refractivity (Wildman–Crippen MR) is 82.2 cm³/mol. The van der Waals surface area contributed by atoms with Crippen LogP contribution < -0.4 is 15.4 Å². The second-order valence-corrected chi connectivity index (χ2v) is 5.31. The molecule has 106 valence electrons. The lowest BCUT2D eigenvalue weighted by Crippen LogP contribution is -2.18. The number of carbonyl (C=O) groups excluding carboxylic acids is 1. The van der Waals surface area contributed by atoms with Crippen LogP contribution in [0.2, 0.25) is 0 Å². The largest absolute Gasteiger partial charge is 0.496 e. The summed E-state index contributed by atoms with van der Waals surface area (Å²) in [6, 6.07) is 5.52. The van der Waals surface area contributed by atoms with Crippen LogP contribution >= 0.6 is 28.3 Å². The van der Waals surface area contributed by atoms with Crippen LogP contribution in [-0.2, 0) is 4.79 Å². The van der Waals surface area contributed by atoms with E-state index in [1.165, 1.54) is 0 Å². The Morgan fingerprint density at radius 1 is 1.58 bits per heavy atom. The van der Waals surface area contributed by atoms with Crippen LogP contribution in [0, 0.1) is 5.92 Å². The molecule has 19 heavy (non-hydrogen) atoms. The number of amides is 1. The fourth-order valence-electron chi connectivity index (χ4n) is 2.11. The van der Waals surface area contributed by atoms with Crippen molar-refractivity contribution in [1.82, 2.24) is 5.32 Å². The number of carbonyl (C=O) groups is 1. The number of ether oxygens (including phenoxy) is 1. The van der Waals surface area contributed by atoms with Crippen molar-refractivity contribution in [3.8, 4) is 5.75 Å².